The molecule has 110 valence electrons. The van der Waals surface area contributed by atoms with Crippen molar-refractivity contribution in [2.45, 2.75) is 45.6 Å². The molecule has 0 radical (unpaired) electrons. The van der Waals surface area contributed by atoms with Crippen molar-refractivity contribution in [3.8, 4) is 0 Å². The van der Waals surface area contributed by atoms with Gasteiger partial charge in [-0.3, -0.25) is 4.79 Å². The first kappa shape index (κ1) is 15.2. The maximum absolute atomic E-state index is 12.4. The number of carbonyl (C=O) groups is 1. The Bertz CT molecular complexity index is 513. The van der Waals surface area contributed by atoms with Crippen LogP contribution < -0.4 is 10.6 Å². The number of amides is 1. The standard InChI is InChI=1S/C16H22N2O.ClH/c1-16(2)8-3-4-14(16)18-15(19)12-5-6-13-11(10-12)7-9-17-13;/h5-6,10,14,17H,3-4,7-9H2,1-2H3,(H,18,19);1H. The van der Waals surface area contributed by atoms with Gasteiger partial charge in [-0.25, -0.2) is 0 Å². The van der Waals surface area contributed by atoms with Gasteiger partial charge in [0.15, 0.2) is 0 Å². The summed E-state index contributed by atoms with van der Waals surface area (Å²) in [6.45, 7) is 5.48. The van der Waals surface area contributed by atoms with Crippen molar-refractivity contribution in [1.82, 2.24) is 5.32 Å². The molecule has 1 heterocycles. The topological polar surface area (TPSA) is 41.1 Å². The van der Waals surface area contributed by atoms with Crippen LogP contribution in [0.2, 0.25) is 0 Å². The Balaban J connectivity index is 0.00000147. The molecule has 3 rings (SSSR count). The summed E-state index contributed by atoms with van der Waals surface area (Å²) in [7, 11) is 0. The lowest BCUT2D eigenvalue weighted by molar-refractivity contribution is 0.0910. The van der Waals surface area contributed by atoms with Crippen LogP contribution in [0.15, 0.2) is 18.2 Å². The number of hydrogen-bond acceptors (Lipinski definition) is 2. The maximum Gasteiger partial charge on any atom is 0.251 e. The molecule has 1 atom stereocenters. The fourth-order valence-electron chi connectivity index (χ4n) is 3.28. The SMILES string of the molecule is CC1(C)CCCC1NC(=O)c1ccc2c(c1)CCN2.Cl. The Morgan fingerprint density at radius 1 is 1.40 bits per heavy atom. The molecule has 0 aromatic heterocycles. The van der Waals surface area contributed by atoms with E-state index in [1.54, 1.807) is 0 Å². The number of carbonyl (C=O) groups excluding carboxylic acids is 1. The molecule has 0 saturated heterocycles. The molecule has 20 heavy (non-hydrogen) atoms. The number of benzene rings is 1. The molecule has 1 amide bonds. The average Bonchev–Trinajstić information content (AvgIpc) is 2.95. The fraction of sp³-hybridized carbons (Fsp3) is 0.562. The zero-order chi connectivity index (χ0) is 13.5. The number of rotatable bonds is 2. The lowest BCUT2D eigenvalue weighted by Crippen LogP contribution is -2.41. The number of nitrogens with one attached hydrogen (secondary N) is 2. The molecular formula is C16H23ClN2O. The molecule has 1 saturated carbocycles. The van der Waals surface area contributed by atoms with Crippen molar-refractivity contribution in [2.75, 3.05) is 11.9 Å². The van der Waals surface area contributed by atoms with Gasteiger partial charge >= 0.3 is 0 Å². The van der Waals surface area contributed by atoms with Crippen molar-refractivity contribution in [3.05, 3.63) is 29.3 Å². The Morgan fingerprint density at radius 3 is 2.90 bits per heavy atom. The first-order valence-electron chi connectivity index (χ1n) is 7.24. The van der Waals surface area contributed by atoms with E-state index in [9.17, 15) is 4.79 Å². The Kier molecular flexibility index (Phi) is 4.28. The van der Waals surface area contributed by atoms with Gasteiger partial charge in [0.1, 0.15) is 0 Å². The van der Waals surface area contributed by atoms with Crippen molar-refractivity contribution < 1.29 is 4.79 Å². The van der Waals surface area contributed by atoms with Gasteiger partial charge in [0.25, 0.3) is 5.91 Å². The summed E-state index contributed by atoms with van der Waals surface area (Å²) in [5, 5.41) is 6.54. The lowest BCUT2D eigenvalue weighted by Gasteiger charge is -2.27. The molecule has 2 aliphatic rings. The van der Waals surface area contributed by atoms with Crippen LogP contribution in [0, 0.1) is 5.41 Å². The fourth-order valence-corrected chi connectivity index (χ4v) is 3.28. The van der Waals surface area contributed by atoms with Gasteiger partial charge in [-0.05, 0) is 48.4 Å². The largest absolute Gasteiger partial charge is 0.384 e. The van der Waals surface area contributed by atoms with Crippen LogP contribution in [-0.4, -0.2) is 18.5 Å². The minimum absolute atomic E-state index is 0. The first-order chi connectivity index (χ1) is 9.06. The predicted molar refractivity (Wildman–Crippen MR) is 84.8 cm³/mol. The summed E-state index contributed by atoms with van der Waals surface area (Å²) < 4.78 is 0. The second-order valence-corrected chi connectivity index (χ2v) is 6.46. The van der Waals surface area contributed by atoms with E-state index in [2.05, 4.69) is 24.5 Å². The highest BCUT2D eigenvalue weighted by molar-refractivity contribution is 5.95. The lowest BCUT2D eigenvalue weighted by atomic mass is 9.87. The van der Waals surface area contributed by atoms with E-state index >= 15 is 0 Å². The van der Waals surface area contributed by atoms with Crippen molar-refractivity contribution >= 4 is 24.0 Å². The van der Waals surface area contributed by atoms with Crippen LogP contribution >= 0.6 is 12.4 Å². The normalized spacial score (nSPS) is 22.6. The van der Waals surface area contributed by atoms with Gasteiger partial charge in [-0.15, -0.1) is 12.4 Å². The third kappa shape index (κ3) is 2.78. The van der Waals surface area contributed by atoms with Crippen LogP contribution in [0.3, 0.4) is 0 Å². The summed E-state index contributed by atoms with van der Waals surface area (Å²) in [5.41, 5.74) is 3.47. The third-order valence-corrected chi connectivity index (χ3v) is 4.64. The summed E-state index contributed by atoms with van der Waals surface area (Å²) >= 11 is 0. The highest BCUT2D eigenvalue weighted by atomic mass is 35.5. The Labute approximate surface area is 126 Å². The highest BCUT2D eigenvalue weighted by Gasteiger charge is 2.35. The minimum Gasteiger partial charge on any atom is -0.384 e. The minimum atomic E-state index is 0. The van der Waals surface area contributed by atoms with E-state index in [1.165, 1.54) is 24.1 Å². The second kappa shape index (κ2) is 5.65. The smallest absolute Gasteiger partial charge is 0.251 e. The molecule has 1 aromatic rings. The van der Waals surface area contributed by atoms with E-state index in [-0.39, 0.29) is 23.7 Å². The maximum atomic E-state index is 12.4. The monoisotopic (exact) mass is 294 g/mol. The van der Waals surface area contributed by atoms with Gasteiger partial charge in [0, 0.05) is 23.8 Å². The Hall–Kier alpha value is -1.22. The molecule has 1 aliphatic carbocycles. The summed E-state index contributed by atoms with van der Waals surface area (Å²) in [5.74, 6) is 0.0784. The molecule has 4 heteroatoms. The van der Waals surface area contributed by atoms with Crippen molar-refractivity contribution in [3.63, 3.8) is 0 Å². The molecule has 1 unspecified atom stereocenters. The van der Waals surface area contributed by atoms with Crippen LogP contribution in [0.4, 0.5) is 5.69 Å². The van der Waals surface area contributed by atoms with E-state index in [0.29, 0.717) is 6.04 Å². The van der Waals surface area contributed by atoms with E-state index in [0.717, 1.165) is 24.9 Å². The van der Waals surface area contributed by atoms with Crippen LogP contribution in [-0.2, 0) is 6.42 Å². The van der Waals surface area contributed by atoms with Gasteiger partial charge < -0.3 is 10.6 Å². The van der Waals surface area contributed by atoms with Crippen LogP contribution in [0.1, 0.15) is 49.0 Å². The summed E-state index contributed by atoms with van der Waals surface area (Å²) in [4.78, 5) is 12.4. The quantitative estimate of drug-likeness (QED) is 0.878. The van der Waals surface area contributed by atoms with E-state index in [1.807, 2.05) is 18.2 Å². The van der Waals surface area contributed by atoms with Crippen molar-refractivity contribution in [1.29, 1.82) is 0 Å². The van der Waals surface area contributed by atoms with Crippen molar-refractivity contribution in [2.24, 2.45) is 5.41 Å². The molecule has 1 fully saturated rings. The van der Waals surface area contributed by atoms with Gasteiger partial charge in [-0.2, -0.15) is 0 Å². The zero-order valence-electron chi connectivity index (χ0n) is 12.2. The van der Waals surface area contributed by atoms with Gasteiger partial charge in [0.05, 0.1) is 0 Å². The molecule has 1 aromatic carbocycles. The highest BCUT2D eigenvalue weighted by Crippen LogP contribution is 2.37. The van der Waals surface area contributed by atoms with Crippen LogP contribution in [0.5, 0.6) is 0 Å². The van der Waals surface area contributed by atoms with E-state index in [4.69, 9.17) is 0 Å². The molecular weight excluding hydrogens is 272 g/mol. The summed E-state index contributed by atoms with van der Waals surface area (Å²) in [6.07, 6.45) is 4.54. The van der Waals surface area contributed by atoms with Gasteiger partial charge in [0.2, 0.25) is 0 Å². The zero-order valence-corrected chi connectivity index (χ0v) is 13.0. The Morgan fingerprint density at radius 2 is 2.20 bits per heavy atom. The number of hydrogen-bond donors (Lipinski definition) is 2. The third-order valence-electron chi connectivity index (χ3n) is 4.64. The second-order valence-electron chi connectivity index (χ2n) is 6.46. The molecule has 3 nitrogen and oxygen atoms in total. The predicted octanol–water partition coefficient (Wildman–Crippen LogP) is 3.38. The van der Waals surface area contributed by atoms with Gasteiger partial charge in [-0.1, -0.05) is 20.3 Å². The van der Waals surface area contributed by atoms with E-state index < -0.39 is 0 Å². The number of fused-ring (bicyclic) bond motifs is 1. The molecule has 2 N–H and O–H groups in total. The number of anilines is 1. The first-order valence-corrected chi connectivity index (χ1v) is 7.24. The average molecular weight is 295 g/mol. The summed E-state index contributed by atoms with van der Waals surface area (Å²) in [6, 6.07) is 6.30. The molecule has 1 aliphatic heterocycles. The van der Waals surface area contributed by atoms with Crippen LogP contribution in [0.25, 0.3) is 0 Å². The number of halogens is 1. The molecule has 0 spiro atoms. The molecule has 0 bridgehead atoms.